The summed E-state index contributed by atoms with van der Waals surface area (Å²) >= 11 is 0. The summed E-state index contributed by atoms with van der Waals surface area (Å²) in [5.41, 5.74) is 3.51. The molecule has 2 aromatic carbocycles. The first kappa shape index (κ1) is 19.9. The van der Waals surface area contributed by atoms with E-state index in [1.165, 1.54) is 11.1 Å². The number of hydrogen-bond acceptors (Lipinski definition) is 4. The molecule has 0 radical (unpaired) electrons. The second kappa shape index (κ2) is 9.35. The number of methoxy groups -OCH3 is 2. The van der Waals surface area contributed by atoms with E-state index in [1.807, 2.05) is 48.2 Å². The Morgan fingerprint density at radius 3 is 2.43 bits per heavy atom. The van der Waals surface area contributed by atoms with E-state index < -0.39 is 0 Å². The fourth-order valence-corrected chi connectivity index (χ4v) is 3.26. The van der Waals surface area contributed by atoms with Gasteiger partial charge in [0.15, 0.2) is 11.5 Å². The summed E-state index contributed by atoms with van der Waals surface area (Å²) in [5.74, 6) is 2.28. The summed E-state index contributed by atoms with van der Waals surface area (Å²) in [5, 5.41) is 2.98. The van der Waals surface area contributed by atoms with Crippen LogP contribution >= 0.6 is 0 Å². The molecule has 0 aromatic heterocycles. The van der Waals surface area contributed by atoms with E-state index in [1.54, 1.807) is 14.2 Å². The van der Waals surface area contributed by atoms with Crippen molar-refractivity contribution in [3.63, 3.8) is 0 Å². The monoisotopic (exact) mass is 384 g/mol. The summed E-state index contributed by atoms with van der Waals surface area (Å²) in [4.78, 5) is 14.3. The van der Waals surface area contributed by atoms with E-state index >= 15 is 0 Å². The minimum absolute atomic E-state index is 0.0456. The largest absolute Gasteiger partial charge is 0.494 e. The maximum absolute atomic E-state index is 12.5. The van der Waals surface area contributed by atoms with Crippen LogP contribution in [-0.4, -0.2) is 44.8 Å². The molecule has 0 atom stereocenters. The molecule has 6 nitrogen and oxygen atoms in total. The van der Waals surface area contributed by atoms with Crippen LogP contribution in [0.2, 0.25) is 0 Å². The first-order valence-electron chi connectivity index (χ1n) is 9.56. The predicted molar refractivity (Wildman–Crippen MR) is 108 cm³/mol. The topological polar surface area (TPSA) is 60.0 Å². The number of carbonyl (C=O) groups excluding carboxylic acids is 1. The summed E-state index contributed by atoms with van der Waals surface area (Å²) in [6, 6.07) is 11.9. The molecule has 0 saturated heterocycles. The molecule has 0 aliphatic carbocycles. The lowest BCUT2D eigenvalue weighted by Crippen LogP contribution is -2.43. The Bertz CT molecular complexity index is 805. The SMILES string of the molecule is COc1cc2c(cc1OC)CN(C(=O)NCCCOc1ccc(C)cc1)CC2. The maximum Gasteiger partial charge on any atom is 0.317 e. The average Bonchev–Trinajstić information content (AvgIpc) is 2.73. The highest BCUT2D eigenvalue weighted by Crippen LogP contribution is 2.33. The van der Waals surface area contributed by atoms with E-state index in [2.05, 4.69) is 5.32 Å². The molecule has 3 rings (SSSR count). The second-order valence-electron chi connectivity index (χ2n) is 6.89. The molecule has 0 fully saturated rings. The van der Waals surface area contributed by atoms with Crippen molar-refractivity contribution in [2.75, 3.05) is 33.9 Å². The van der Waals surface area contributed by atoms with Gasteiger partial charge < -0.3 is 24.4 Å². The minimum Gasteiger partial charge on any atom is -0.494 e. The molecule has 0 saturated carbocycles. The van der Waals surface area contributed by atoms with Crippen LogP contribution in [0.15, 0.2) is 36.4 Å². The lowest BCUT2D eigenvalue weighted by molar-refractivity contribution is 0.191. The van der Waals surface area contributed by atoms with Crippen molar-refractivity contribution < 1.29 is 19.0 Å². The summed E-state index contributed by atoms with van der Waals surface area (Å²) in [6.07, 6.45) is 1.56. The second-order valence-corrected chi connectivity index (χ2v) is 6.89. The first-order chi connectivity index (χ1) is 13.6. The molecule has 1 aliphatic rings. The number of rotatable bonds is 7. The number of hydrogen-bond donors (Lipinski definition) is 1. The van der Waals surface area contributed by atoms with E-state index in [0.29, 0.717) is 32.0 Å². The maximum atomic E-state index is 12.5. The Hall–Kier alpha value is -2.89. The molecule has 6 heteroatoms. The predicted octanol–water partition coefficient (Wildman–Crippen LogP) is 3.55. The zero-order valence-corrected chi connectivity index (χ0v) is 16.8. The average molecular weight is 384 g/mol. The highest BCUT2D eigenvalue weighted by Gasteiger charge is 2.22. The molecule has 1 N–H and O–H groups in total. The van der Waals surface area contributed by atoms with Gasteiger partial charge in [0, 0.05) is 19.6 Å². The van der Waals surface area contributed by atoms with Crippen LogP contribution < -0.4 is 19.5 Å². The molecular weight excluding hydrogens is 356 g/mol. The number of carbonyl (C=O) groups is 1. The normalized spacial score (nSPS) is 12.9. The quantitative estimate of drug-likeness (QED) is 0.742. The summed E-state index contributed by atoms with van der Waals surface area (Å²) in [7, 11) is 3.26. The van der Waals surface area contributed by atoms with Crippen LogP contribution in [0.25, 0.3) is 0 Å². The molecular formula is C22H28N2O4. The number of fused-ring (bicyclic) bond motifs is 1. The number of amides is 2. The van der Waals surface area contributed by atoms with E-state index in [0.717, 1.165) is 29.9 Å². The fraction of sp³-hybridized carbons (Fsp3) is 0.409. The number of nitrogens with one attached hydrogen (secondary N) is 1. The number of aryl methyl sites for hydroxylation is 1. The Kier molecular flexibility index (Phi) is 6.63. The van der Waals surface area contributed by atoms with E-state index in [9.17, 15) is 4.79 Å². The van der Waals surface area contributed by atoms with Gasteiger partial charge in [-0.1, -0.05) is 17.7 Å². The van der Waals surface area contributed by atoms with Crippen molar-refractivity contribution in [1.82, 2.24) is 10.2 Å². The molecule has 28 heavy (non-hydrogen) atoms. The zero-order valence-electron chi connectivity index (χ0n) is 16.8. The van der Waals surface area contributed by atoms with E-state index in [4.69, 9.17) is 14.2 Å². The Morgan fingerprint density at radius 1 is 1.07 bits per heavy atom. The third-order valence-corrected chi connectivity index (χ3v) is 4.89. The first-order valence-corrected chi connectivity index (χ1v) is 9.56. The minimum atomic E-state index is -0.0456. The van der Waals surface area contributed by atoms with Crippen LogP contribution in [-0.2, 0) is 13.0 Å². The number of urea groups is 1. The van der Waals surface area contributed by atoms with Crippen LogP contribution in [0.4, 0.5) is 4.79 Å². The Labute approximate surface area is 166 Å². The third kappa shape index (κ3) is 4.88. The van der Waals surface area contributed by atoms with Gasteiger partial charge in [0.25, 0.3) is 0 Å². The van der Waals surface area contributed by atoms with Gasteiger partial charge in [-0.15, -0.1) is 0 Å². The number of benzene rings is 2. The van der Waals surface area contributed by atoms with Crippen LogP contribution in [0.1, 0.15) is 23.1 Å². The van der Waals surface area contributed by atoms with Crippen molar-refractivity contribution >= 4 is 6.03 Å². The van der Waals surface area contributed by atoms with Gasteiger partial charge in [-0.3, -0.25) is 0 Å². The zero-order chi connectivity index (χ0) is 19.9. The van der Waals surface area contributed by atoms with Gasteiger partial charge in [-0.2, -0.15) is 0 Å². The molecule has 1 heterocycles. The van der Waals surface area contributed by atoms with Crippen molar-refractivity contribution in [1.29, 1.82) is 0 Å². The highest BCUT2D eigenvalue weighted by atomic mass is 16.5. The van der Waals surface area contributed by atoms with Crippen LogP contribution in [0.5, 0.6) is 17.2 Å². The van der Waals surface area contributed by atoms with Crippen LogP contribution in [0.3, 0.4) is 0 Å². The Morgan fingerprint density at radius 2 is 1.75 bits per heavy atom. The standard InChI is InChI=1S/C22H28N2O4/c1-16-5-7-19(8-6-16)28-12-4-10-23-22(25)24-11-9-17-13-20(26-2)21(27-3)14-18(17)15-24/h5-8,13-14H,4,9-12,15H2,1-3H3,(H,23,25). The lowest BCUT2D eigenvalue weighted by Gasteiger charge is -2.29. The molecule has 1 aliphatic heterocycles. The third-order valence-electron chi connectivity index (χ3n) is 4.89. The van der Waals surface area contributed by atoms with Gasteiger partial charge in [0.2, 0.25) is 0 Å². The van der Waals surface area contributed by atoms with Gasteiger partial charge in [-0.25, -0.2) is 4.79 Å². The molecule has 0 spiro atoms. The van der Waals surface area contributed by atoms with Gasteiger partial charge in [0.1, 0.15) is 5.75 Å². The molecule has 2 aromatic rings. The van der Waals surface area contributed by atoms with E-state index in [-0.39, 0.29) is 6.03 Å². The van der Waals surface area contributed by atoms with Crippen molar-refractivity contribution in [2.45, 2.75) is 26.3 Å². The number of nitrogens with zero attached hydrogens (tertiary/aromatic N) is 1. The molecule has 2 amide bonds. The lowest BCUT2D eigenvalue weighted by atomic mass is 9.99. The van der Waals surface area contributed by atoms with Crippen molar-refractivity contribution in [3.8, 4) is 17.2 Å². The van der Waals surface area contributed by atoms with Crippen LogP contribution in [0, 0.1) is 6.92 Å². The highest BCUT2D eigenvalue weighted by molar-refractivity contribution is 5.74. The van der Waals surface area contributed by atoms with Gasteiger partial charge >= 0.3 is 6.03 Å². The Balaban J connectivity index is 1.45. The van der Waals surface area contributed by atoms with Gasteiger partial charge in [0.05, 0.1) is 20.8 Å². The number of ether oxygens (including phenoxy) is 3. The molecule has 0 unspecified atom stereocenters. The van der Waals surface area contributed by atoms with Gasteiger partial charge in [-0.05, 0) is 55.2 Å². The summed E-state index contributed by atoms with van der Waals surface area (Å²) < 4.78 is 16.4. The summed E-state index contributed by atoms with van der Waals surface area (Å²) in [6.45, 7) is 4.46. The smallest absolute Gasteiger partial charge is 0.317 e. The molecule has 150 valence electrons. The fourth-order valence-electron chi connectivity index (χ4n) is 3.26. The molecule has 0 bridgehead atoms. The van der Waals surface area contributed by atoms with Crippen molar-refractivity contribution in [2.24, 2.45) is 0 Å². The van der Waals surface area contributed by atoms with Crippen molar-refractivity contribution in [3.05, 3.63) is 53.1 Å².